The van der Waals surface area contributed by atoms with E-state index in [1.165, 1.54) is 0 Å². The van der Waals surface area contributed by atoms with E-state index in [0.29, 0.717) is 50.9 Å². The van der Waals surface area contributed by atoms with Gasteiger partial charge in [0.1, 0.15) is 12.4 Å². The zero-order valence-corrected chi connectivity index (χ0v) is 13.0. The van der Waals surface area contributed by atoms with Gasteiger partial charge in [0.2, 0.25) is 0 Å². The number of aliphatic hydroxyl groups excluding tert-OH is 1. The molecule has 0 heterocycles. The average Bonchev–Trinajstić information content (AvgIpc) is 2.51. The number of hydrogen-bond donors (Lipinski definition) is 3. The van der Waals surface area contributed by atoms with Gasteiger partial charge < -0.3 is 35.5 Å². The van der Waals surface area contributed by atoms with Gasteiger partial charge in [-0.1, -0.05) is 12.1 Å². The van der Waals surface area contributed by atoms with Crippen LogP contribution in [0.15, 0.2) is 18.2 Å². The van der Waals surface area contributed by atoms with Crippen molar-refractivity contribution in [3.8, 4) is 5.75 Å². The molecule has 0 aliphatic rings. The minimum atomic E-state index is -0.812. The highest BCUT2D eigenvalue weighted by Gasteiger charge is 2.08. The Hall–Kier alpha value is -2.03. The second-order valence-corrected chi connectivity index (χ2v) is 4.55. The lowest BCUT2D eigenvalue weighted by Gasteiger charge is -2.14. The molecule has 1 aromatic carbocycles. The molecule has 23 heavy (non-hydrogen) atoms. The molecule has 1 amide bonds. The molecule has 0 bridgehead atoms. The number of nitrogen functional groups attached to an aromatic ring is 1. The van der Waals surface area contributed by atoms with Gasteiger partial charge in [-0.2, -0.15) is 0 Å². The Labute approximate surface area is 135 Å². The van der Waals surface area contributed by atoms with Crippen LogP contribution in [0.5, 0.6) is 5.75 Å². The number of hydrogen-bond acceptors (Lipinski definition) is 7. The van der Waals surface area contributed by atoms with Crippen LogP contribution >= 0.6 is 0 Å². The largest absolute Gasteiger partial charge is 0.489 e. The van der Waals surface area contributed by atoms with Crippen LogP contribution < -0.4 is 16.2 Å². The summed E-state index contributed by atoms with van der Waals surface area (Å²) in [5.74, 6) is 0.556. The molecule has 0 saturated heterocycles. The lowest BCUT2D eigenvalue weighted by Crippen LogP contribution is -2.16. The van der Waals surface area contributed by atoms with Gasteiger partial charge in [0, 0.05) is 6.42 Å². The van der Waals surface area contributed by atoms with Gasteiger partial charge in [-0.05, 0) is 11.6 Å². The fraction of sp³-hybridized carbons (Fsp3) is 0.533. The van der Waals surface area contributed by atoms with Gasteiger partial charge in [-0.25, -0.2) is 4.79 Å². The quantitative estimate of drug-likeness (QED) is 0.372. The van der Waals surface area contributed by atoms with Crippen molar-refractivity contribution >= 4 is 11.8 Å². The second-order valence-electron chi connectivity index (χ2n) is 4.55. The van der Waals surface area contributed by atoms with Gasteiger partial charge in [0.05, 0.1) is 45.3 Å². The number of benzene rings is 1. The van der Waals surface area contributed by atoms with Crippen molar-refractivity contribution in [2.75, 3.05) is 52.0 Å². The second kappa shape index (κ2) is 11.5. The summed E-state index contributed by atoms with van der Waals surface area (Å²) in [6, 6.07) is 5.38. The molecule has 1 rings (SSSR count). The Morgan fingerprint density at radius 3 is 2.43 bits per heavy atom. The Balaban J connectivity index is 2.32. The molecule has 0 aliphatic heterocycles. The number of rotatable bonds is 12. The van der Waals surface area contributed by atoms with Gasteiger partial charge in [0.15, 0.2) is 0 Å². The summed E-state index contributed by atoms with van der Waals surface area (Å²) in [7, 11) is 0. The molecule has 0 spiro atoms. The number of primary amides is 1. The minimum Gasteiger partial charge on any atom is -0.489 e. The van der Waals surface area contributed by atoms with Gasteiger partial charge >= 0.3 is 6.09 Å². The predicted octanol–water partition coefficient (Wildman–Crippen LogP) is 0.311. The molecule has 0 saturated carbocycles. The Morgan fingerprint density at radius 2 is 1.74 bits per heavy atom. The highest BCUT2D eigenvalue weighted by Crippen LogP contribution is 2.26. The highest BCUT2D eigenvalue weighted by atomic mass is 16.6. The first kappa shape index (κ1) is 19.0. The number of carbonyl (C=O) groups is 1. The number of para-hydroxylation sites is 1. The van der Waals surface area contributed by atoms with E-state index in [-0.39, 0.29) is 13.2 Å². The van der Waals surface area contributed by atoms with Crippen molar-refractivity contribution in [2.24, 2.45) is 5.73 Å². The third kappa shape index (κ3) is 8.24. The van der Waals surface area contributed by atoms with E-state index in [9.17, 15) is 4.79 Å². The lowest BCUT2D eigenvalue weighted by atomic mass is 10.1. The standard InChI is InChI=1S/C15H24N2O6/c16-13-3-1-2-12(4-6-23-15(17)19)14(13)22-11-10-21-9-8-20-7-5-18/h1-3,18H,4-11,16H2,(H2,17,19). The van der Waals surface area contributed by atoms with Gasteiger partial charge in [0.25, 0.3) is 0 Å². The van der Waals surface area contributed by atoms with Crippen LogP contribution in [0.4, 0.5) is 10.5 Å². The monoisotopic (exact) mass is 328 g/mol. The molecule has 1 aromatic rings. The van der Waals surface area contributed by atoms with Crippen LogP contribution in [0.1, 0.15) is 5.56 Å². The van der Waals surface area contributed by atoms with Crippen LogP contribution in [0.25, 0.3) is 0 Å². The van der Waals surface area contributed by atoms with E-state index >= 15 is 0 Å². The number of aliphatic hydroxyl groups is 1. The molecule has 8 heteroatoms. The first-order valence-electron chi connectivity index (χ1n) is 7.34. The number of carbonyl (C=O) groups excluding carboxylic acids is 1. The van der Waals surface area contributed by atoms with E-state index in [1.54, 1.807) is 12.1 Å². The van der Waals surface area contributed by atoms with Crippen molar-refractivity contribution in [3.05, 3.63) is 23.8 Å². The van der Waals surface area contributed by atoms with Crippen molar-refractivity contribution < 1.29 is 28.8 Å². The molecule has 0 unspecified atom stereocenters. The summed E-state index contributed by atoms with van der Waals surface area (Å²) in [6.07, 6.45) is -0.354. The van der Waals surface area contributed by atoms with Crippen molar-refractivity contribution in [3.63, 3.8) is 0 Å². The van der Waals surface area contributed by atoms with E-state index in [4.69, 9.17) is 35.5 Å². The third-order valence-electron chi connectivity index (χ3n) is 2.82. The smallest absolute Gasteiger partial charge is 0.404 e. The normalized spacial score (nSPS) is 10.5. The van der Waals surface area contributed by atoms with Gasteiger partial charge in [-0.15, -0.1) is 0 Å². The maximum absolute atomic E-state index is 10.6. The summed E-state index contributed by atoms with van der Waals surface area (Å²) >= 11 is 0. The molecule has 5 N–H and O–H groups in total. The molecule has 0 atom stereocenters. The highest BCUT2D eigenvalue weighted by molar-refractivity contribution is 5.64. The van der Waals surface area contributed by atoms with Crippen LogP contribution in [0, 0.1) is 0 Å². The zero-order valence-electron chi connectivity index (χ0n) is 13.0. The van der Waals surface area contributed by atoms with Crippen LogP contribution in [0.2, 0.25) is 0 Å². The van der Waals surface area contributed by atoms with Crippen LogP contribution in [0.3, 0.4) is 0 Å². The summed E-state index contributed by atoms with van der Waals surface area (Å²) in [5, 5.41) is 8.54. The maximum Gasteiger partial charge on any atom is 0.404 e. The third-order valence-corrected chi connectivity index (χ3v) is 2.82. The summed E-state index contributed by atoms with van der Waals surface area (Å²) in [4.78, 5) is 10.6. The fourth-order valence-electron chi connectivity index (χ4n) is 1.83. The Bertz CT molecular complexity index is 469. The van der Waals surface area contributed by atoms with Crippen molar-refractivity contribution in [1.82, 2.24) is 0 Å². The summed E-state index contributed by atoms with van der Waals surface area (Å²) < 4.78 is 20.8. The Kier molecular flexibility index (Phi) is 9.53. The van der Waals surface area contributed by atoms with Crippen molar-refractivity contribution in [2.45, 2.75) is 6.42 Å². The van der Waals surface area contributed by atoms with E-state index in [1.807, 2.05) is 6.07 Å². The minimum absolute atomic E-state index is 0.00135. The summed E-state index contributed by atoms with van der Waals surface area (Å²) in [6.45, 7) is 2.02. The van der Waals surface area contributed by atoms with E-state index < -0.39 is 6.09 Å². The Morgan fingerprint density at radius 1 is 1.04 bits per heavy atom. The number of nitrogens with two attached hydrogens (primary N) is 2. The lowest BCUT2D eigenvalue weighted by molar-refractivity contribution is 0.0247. The molecule has 0 aromatic heterocycles. The first-order valence-corrected chi connectivity index (χ1v) is 7.34. The molecule has 0 radical (unpaired) electrons. The zero-order chi connectivity index (χ0) is 16.9. The van der Waals surface area contributed by atoms with Crippen LogP contribution in [-0.4, -0.2) is 57.4 Å². The van der Waals surface area contributed by atoms with Gasteiger partial charge in [-0.3, -0.25) is 0 Å². The first-order chi connectivity index (χ1) is 11.1. The number of amides is 1. The van der Waals surface area contributed by atoms with Crippen LogP contribution in [-0.2, 0) is 20.6 Å². The molecule has 0 fully saturated rings. The fourth-order valence-corrected chi connectivity index (χ4v) is 1.83. The van der Waals surface area contributed by atoms with E-state index in [0.717, 1.165) is 5.56 Å². The predicted molar refractivity (Wildman–Crippen MR) is 84.3 cm³/mol. The van der Waals surface area contributed by atoms with E-state index in [2.05, 4.69) is 0 Å². The average molecular weight is 328 g/mol. The SMILES string of the molecule is NC(=O)OCCc1cccc(N)c1OCCOCCOCCO. The molecule has 8 nitrogen and oxygen atoms in total. The summed E-state index contributed by atoms with van der Waals surface area (Å²) in [5.41, 5.74) is 12.2. The molecular weight excluding hydrogens is 304 g/mol. The van der Waals surface area contributed by atoms with Crippen molar-refractivity contribution in [1.29, 1.82) is 0 Å². The maximum atomic E-state index is 10.6. The molecule has 0 aliphatic carbocycles. The molecular formula is C15H24N2O6. The topological polar surface area (TPSA) is 126 Å². The number of ether oxygens (including phenoxy) is 4. The molecule has 130 valence electrons. The number of anilines is 1.